The Kier molecular flexibility index (Phi) is 5.03. The van der Waals surface area contributed by atoms with Crippen molar-refractivity contribution in [3.05, 3.63) is 58.1 Å². The molecular formula is C16H16BrNO3S. The van der Waals surface area contributed by atoms with E-state index in [0.717, 1.165) is 5.56 Å². The molecule has 1 N–H and O–H groups in total. The number of hydrogen-bond acceptors (Lipinski definition) is 3. The van der Waals surface area contributed by atoms with Crippen molar-refractivity contribution in [2.24, 2.45) is 0 Å². The maximum atomic E-state index is 12.4. The summed E-state index contributed by atoms with van der Waals surface area (Å²) in [6, 6.07) is 11.5. The Morgan fingerprint density at radius 3 is 2.36 bits per heavy atom. The number of sulfonamides is 1. The Balaban J connectivity index is 2.43. The molecule has 4 nitrogen and oxygen atoms in total. The molecule has 116 valence electrons. The number of anilines is 1. The van der Waals surface area contributed by atoms with Crippen LogP contribution in [0.25, 0.3) is 0 Å². The molecule has 0 atom stereocenters. The summed E-state index contributed by atoms with van der Waals surface area (Å²) < 4.78 is 28.1. The van der Waals surface area contributed by atoms with Crippen LogP contribution in [-0.4, -0.2) is 14.2 Å². The molecule has 0 radical (unpaired) electrons. The van der Waals surface area contributed by atoms with Crippen molar-refractivity contribution in [3.8, 4) is 0 Å². The van der Waals surface area contributed by atoms with E-state index in [2.05, 4.69) is 20.7 Å². The zero-order chi connectivity index (χ0) is 16.3. The Morgan fingerprint density at radius 1 is 1.14 bits per heavy atom. The number of carbonyl (C=O) groups excluding carboxylic acids is 1. The predicted molar refractivity (Wildman–Crippen MR) is 90.8 cm³/mol. The van der Waals surface area contributed by atoms with Crippen LogP contribution in [0.1, 0.15) is 29.3 Å². The molecule has 0 saturated heterocycles. The fraction of sp³-hybridized carbons (Fsp3) is 0.188. The Bertz CT molecular complexity index is 799. The summed E-state index contributed by atoms with van der Waals surface area (Å²) >= 11 is 3.29. The summed E-state index contributed by atoms with van der Waals surface area (Å²) in [5.74, 6) is -0.117. The largest absolute Gasteiger partial charge is 0.294 e. The average molecular weight is 382 g/mol. The first-order chi connectivity index (χ1) is 10.3. The molecule has 2 aromatic rings. The summed E-state index contributed by atoms with van der Waals surface area (Å²) in [6.07, 6.45) is 0.306. The molecule has 0 aliphatic carbocycles. The van der Waals surface area contributed by atoms with E-state index in [1.807, 2.05) is 6.92 Å². The van der Waals surface area contributed by atoms with Crippen LogP contribution >= 0.6 is 15.9 Å². The fourth-order valence-corrected chi connectivity index (χ4v) is 3.39. The molecule has 2 rings (SSSR count). The highest BCUT2D eigenvalue weighted by Gasteiger charge is 2.18. The van der Waals surface area contributed by atoms with E-state index in [9.17, 15) is 13.2 Å². The van der Waals surface area contributed by atoms with Crippen molar-refractivity contribution in [3.63, 3.8) is 0 Å². The Hall–Kier alpha value is -1.66. The van der Waals surface area contributed by atoms with E-state index in [4.69, 9.17) is 0 Å². The topological polar surface area (TPSA) is 63.2 Å². The number of aryl methyl sites for hydroxylation is 1. The minimum absolute atomic E-state index is 0.117. The quantitative estimate of drug-likeness (QED) is 0.791. The zero-order valence-electron chi connectivity index (χ0n) is 12.3. The van der Waals surface area contributed by atoms with Crippen LogP contribution in [0.3, 0.4) is 0 Å². The first-order valence-electron chi connectivity index (χ1n) is 6.75. The van der Waals surface area contributed by atoms with Crippen molar-refractivity contribution in [1.82, 2.24) is 0 Å². The monoisotopic (exact) mass is 381 g/mol. The van der Waals surface area contributed by atoms with Gasteiger partial charge in [0.15, 0.2) is 5.78 Å². The highest BCUT2D eigenvalue weighted by atomic mass is 79.9. The number of halogens is 1. The molecule has 0 aliphatic rings. The summed E-state index contributed by atoms with van der Waals surface area (Å²) in [4.78, 5) is 12.1. The highest BCUT2D eigenvalue weighted by Crippen LogP contribution is 2.25. The standard InChI is InChI=1S/C16H16BrNO3S/c1-3-16(19)14-9-6-12(17)10-15(14)18-22(20,21)13-7-4-11(2)5-8-13/h4-10,18H,3H2,1-2H3. The fourth-order valence-electron chi connectivity index (χ4n) is 1.96. The van der Waals surface area contributed by atoms with Crippen LogP contribution in [0.15, 0.2) is 51.8 Å². The van der Waals surface area contributed by atoms with Crippen LogP contribution in [0.5, 0.6) is 0 Å². The van der Waals surface area contributed by atoms with E-state index in [1.54, 1.807) is 37.3 Å². The van der Waals surface area contributed by atoms with Gasteiger partial charge in [0.25, 0.3) is 10.0 Å². The number of benzene rings is 2. The normalized spacial score (nSPS) is 11.2. The lowest BCUT2D eigenvalue weighted by molar-refractivity contribution is 0.0989. The first-order valence-corrected chi connectivity index (χ1v) is 9.03. The van der Waals surface area contributed by atoms with Gasteiger partial charge in [-0.15, -0.1) is 0 Å². The van der Waals surface area contributed by atoms with E-state index in [0.29, 0.717) is 16.5 Å². The molecule has 0 bridgehead atoms. The Morgan fingerprint density at radius 2 is 1.77 bits per heavy atom. The summed E-state index contributed by atoms with van der Waals surface area (Å²) in [7, 11) is -3.73. The number of hydrogen-bond donors (Lipinski definition) is 1. The molecule has 22 heavy (non-hydrogen) atoms. The van der Waals surface area contributed by atoms with Gasteiger partial charge in [0, 0.05) is 16.5 Å². The van der Waals surface area contributed by atoms with Crippen LogP contribution in [0, 0.1) is 6.92 Å². The van der Waals surface area contributed by atoms with Gasteiger partial charge < -0.3 is 0 Å². The van der Waals surface area contributed by atoms with Crippen LogP contribution in [0.4, 0.5) is 5.69 Å². The number of nitrogens with one attached hydrogen (secondary N) is 1. The number of ketones is 1. The molecule has 0 aliphatic heterocycles. The summed E-state index contributed by atoms with van der Waals surface area (Å²) in [5.41, 5.74) is 1.62. The molecule has 0 spiro atoms. The second-order valence-electron chi connectivity index (χ2n) is 4.89. The number of carbonyl (C=O) groups is 1. The predicted octanol–water partition coefficient (Wildman–Crippen LogP) is 4.15. The smallest absolute Gasteiger partial charge is 0.261 e. The molecule has 6 heteroatoms. The molecular weight excluding hydrogens is 366 g/mol. The van der Waals surface area contributed by atoms with E-state index in [-0.39, 0.29) is 16.4 Å². The second kappa shape index (κ2) is 6.62. The third-order valence-electron chi connectivity index (χ3n) is 3.18. The first kappa shape index (κ1) is 16.7. The van der Waals surface area contributed by atoms with E-state index in [1.165, 1.54) is 12.1 Å². The van der Waals surface area contributed by atoms with Crippen molar-refractivity contribution in [1.29, 1.82) is 0 Å². The van der Waals surface area contributed by atoms with Gasteiger partial charge in [-0.05, 0) is 37.3 Å². The second-order valence-corrected chi connectivity index (χ2v) is 7.48. The molecule has 0 unspecified atom stereocenters. The molecule has 2 aromatic carbocycles. The maximum absolute atomic E-state index is 12.4. The Labute approximate surface area is 138 Å². The lowest BCUT2D eigenvalue weighted by atomic mass is 10.1. The van der Waals surface area contributed by atoms with Gasteiger partial charge in [-0.1, -0.05) is 40.5 Å². The molecule has 0 fully saturated rings. The molecule has 0 aromatic heterocycles. The van der Waals surface area contributed by atoms with E-state index < -0.39 is 10.0 Å². The third kappa shape index (κ3) is 3.75. The minimum atomic E-state index is -3.73. The van der Waals surface area contributed by atoms with Crippen molar-refractivity contribution >= 4 is 37.4 Å². The highest BCUT2D eigenvalue weighted by molar-refractivity contribution is 9.10. The van der Waals surface area contributed by atoms with Crippen LogP contribution < -0.4 is 4.72 Å². The van der Waals surface area contributed by atoms with Crippen molar-refractivity contribution in [2.45, 2.75) is 25.2 Å². The van der Waals surface area contributed by atoms with Crippen LogP contribution in [-0.2, 0) is 10.0 Å². The number of Topliss-reactive ketones (excluding diaryl/α,β-unsaturated/α-hetero) is 1. The third-order valence-corrected chi connectivity index (χ3v) is 5.05. The van der Waals surface area contributed by atoms with Crippen LogP contribution in [0.2, 0.25) is 0 Å². The molecule has 0 amide bonds. The van der Waals surface area contributed by atoms with Crippen molar-refractivity contribution < 1.29 is 13.2 Å². The summed E-state index contributed by atoms with van der Waals surface area (Å²) in [5, 5.41) is 0. The van der Waals surface area contributed by atoms with Gasteiger partial charge in [-0.25, -0.2) is 8.42 Å². The summed E-state index contributed by atoms with van der Waals surface area (Å²) in [6.45, 7) is 3.62. The zero-order valence-corrected chi connectivity index (χ0v) is 14.7. The lowest BCUT2D eigenvalue weighted by Crippen LogP contribution is -2.15. The van der Waals surface area contributed by atoms with Gasteiger partial charge in [-0.3, -0.25) is 9.52 Å². The van der Waals surface area contributed by atoms with Crippen molar-refractivity contribution in [2.75, 3.05) is 4.72 Å². The molecule has 0 heterocycles. The van der Waals surface area contributed by atoms with Gasteiger partial charge in [0.05, 0.1) is 10.6 Å². The SMILES string of the molecule is CCC(=O)c1ccc(Br)cc1NS(=O)(=O)c1ccc(C)cc1. The maximum Gasteiger partial charge on any atom is 0.261 e. The lowest BCUT2D eigenvalue weighted by Gasteiger charge is -2.12. The van der Waals surface area contributed by atoms with E-state index >= 15 is 0 Å². The van der Waals surface area contributed by atoms with Gasteiger partial charge in [0.1, 0.15) is 0 Å². The van der Waals surface area contributed by atoms with Gasteiger partial charge in [-0.2, -0.15) is 0 Å². The minimum Gasteiger partial charge on any atom is -0.294 e. The average Bonchev–Trinajstić information content (AvgIpc) is 2.46. The number of rotatable bonds is 5. The molecule has 0 saturated carbocycles. The van der Waals surface area contributed by atoms with Gasteiger partial charge >= 0.3 is 0 Å². The van der Waals surface area contributed by atoms with Gasteiger partial charge in [0.2, 0.25) is 0 Å².